The molecular weight excluding hydrogens is 420 g/mol. The van der Waals surface area contributed by atoms with Crippen LogP contribution in [0, 0.1) is 17.6 Å². The van der Waals surface area contributed by atoms with Gasteiger partial charge in [-0.15, -0.1) is 0 Å². The van der Waals surface area contributed by atoms with Gasteiger partial charge < -0.3 is 20.6 Å². The summed E-state index contributed by atoms with van der Waals surface area (Å²) in [6.45, 7) is 1.40. The zero-order chi connectivity index (χ0) is 23.3. The molecule has 3 N–H and O–H groups in total. The summed E-state index contributed by atoms with van der Waals surface area (Å²) in [7, 11) is 0. The molecule has 0 saturated heterocycles. The van der Waals surface area contributed by atoms with Gasteiger partial charge in [-0.3, -0.25) is 14.4 Å². The number of hydrogen-bond donors (Lipinski definition) is 3. The van der Waals surface area contributed by atoms with Crippen LogP contribution in [-0.4, -0.2) is 46.9 Å². The smallest absolute Gasteiger partial charge is 0.247 e. The molecular formula is C23H25F2N3O4. The predicted molar refractivity (Wildman–Crippen MR) is 112 cm³/mol. The molecule has 1 aliphatic heterocycles. The number of fused-ring (bicyclic) bond motifs is 1. The maximum Gasteiger partial charge on any atom is 0.247 e. The van der Waals surface area contributed by atoms with Gasteiger partial charge in [0.15, 0.2) is 0 Å². The van der Waals surface area contributed by atoms with E-state index < -0.39 is 47.9 Å². The third-order valence-corrected chi connectivity index (χ3v) is 5.42. The number of carbonyl (C=O) groups excluding carboxylic acids is 3. The second-order valence-corrected chi connectivity index (χ2v) is 7.74. The highest BCUT2D eigenvalue weighted by Crippen LogP contribution is 2.19. The molecule has 2 unspecified atom stereocenters. The fourth-order valence-corrected chi connectivity index (χ4v) is 3.56. The first-order chi connectivity index (χ1) is 15.3. The van der Waals surface area contributed by atoms with E-state index in [0.29, 0.717) is 25.6 Å². The lowest BCUT2D eigenvalue weighted by molar-refractivity contribution is -0.141. The minimum atomic E-state index is -1.18. The van der Waals surface area contributed by atoms with E-state index in [2.05, 4.69) is 10.6 Å². The van der Waals surface area contributed by atoms with E-state index >= 15 is 0 Å². The number of aliphatic hydroxyl groups is 1. The number of hydrogen-bond acceptors (Lipinski definition) is 4. The molecule has 9 heteroatoms. The lowest BCUT2D eigenvalue weighted by Crippen LogP contribution is -2.53. The Morgan fingerprint density at radius 2 is 1.72 bits per heavy atom. The number of benzene rings is 2. The minimum absolute atomic E-state index is 0.166. The number of nitrogens with one attached hydrogen (secondary N) is 2. The van der Waals surface area contributed by atoms with Crippen LogP contribution in [0.4, 0.5) is 8.78 Å². The summed E-state index contributed by atoms with van der Waals surface area (Å²) in [4.78, 5) is 39.2. The van der Waals surface area contributed by atoms with E-state index in [1.54, 1.807) is 4.90 Å². The molecule has 0 fully saturated rings. The van der Waals surface area contributed by atoms with E-state index in [0.717, 1.165) is 23.3 Å². The van der Waals surface area contributed by atoms with Crippen LogP contribution in [0.2, 0.25) is 0 Å². The Balaban J connectivity index is 1.55. The van der Waals surface area contributed by atoms with Gasteiger partial charge in [0.2, 0.25) is 17.7 Å². The summed E-state index contributed by atoms with van der Waals surface area (Å²) in [5.74, 6) is -4.58. The van der Waals surface area contributed by atoms with Gasteiger partial charge in [-0.1, -0.05) is 24.3 Å². The molecule has 32 heavy (non-hydrogen) atoms. The zero-order valence-corrected chi connectivity index (χ0v) is 17.6. The lowest BCUT2D eigenvalue weighted by Gasteiger charge is -2.31. The number of amides is 3. The van der Waals surface area contributed by atoms with Crippen LogP contribution in [0.3, 0.4) is 0 Å². The first-order valence-corrected chi connectivity index (χ1v) is 10.3. The average Bonchev–Trinajstić information content (AvgIpc) is 2.78. The van der Waals surface area contributed by atoms with Gasteiger partial charge in [-0.05, 0) is 42.2 Å². The standard InChI is InChI=1S/C23H25F2N3O4/c1-14(21(30)26-11-15-8-18(24)10-19(25)9-15)22(31)27-20(13-29)23(32)28-7-6-16-4-2-3-5-17(16)12-28/h2-5,8-10,14,20,29H,6-7,11-13H2,1H3,(H,26,30)(H,27,31). The molecule has 2 atom stereocenters. The highest BCUT2D eigenvalue weighted by atomic mass is 19.1. The molecule has 0 bridgehead atoms. The molecule has 170 valence electrons. The van der Waals surface area contributed by atoms with Crippen molar-refractivity contribution in [1.82, 2.24) is 15.5 Å². The van der Waals surface area contributed by atoms with Crippen molar-refractivity contribution in [3.05, 3.63) is 70.8 Å². The molecule has 0 radical (unpaired) electrons. The van der Waals surface area contributed by atoms with Crippen LogP contribution in [-0.2, 0) is 33.9 Å². The van der Waals surface area contributed by atoms with Crippen LogP contribution in [0.5, 0.6) is 0 Å². The van der Waals surface area contributed by atoms with Gasteiger partial charge in [-0.25, -0.2) is 8.78 Å². The summed E-state index contributed by atoms with van der Waals surface area (Å²) in [5, 5.41) is 14.5. The minimum Gasteiger partial charge on any atom is -0.394 e. The van der Waals surface area contributed by atoms with Crippen molar-refractivity contribution in [1.29, 1.82) is 0 Å². The van der Waals surface area contributed by atoms with Crippen LogP contribution in [0.25, 0.3) is 0 Å². The molecule has 3 amide bonds. The number of nitrogens with zero attached hydrogens (tertiary/aromatic N) is 1. The Bertz CT molecular complexity index is 994. The molecule has 3 rings (SSSR count). The average molecular weight is 445 g/mol. The summed E-state index contributed by atoms with van der Waals surface area (Å²) < 4.78 is 26.5. The van der Waals surface area contributed by atoms with Crippen molar-refractivity contribution in [3.63, 3.8) is 0 Å². The second kappa shape index (κ2) is 10.3. The van der Waals surface area contributed by atoms with Crippen molar-refractivity contribution < 1.29 is 28.3 Å². The van der Waals surface area contributed by atoms with Crippen molar-refractivity contribution in [3.8, 4) is 0 Å². The fourth-order valence-electron chi connectivity index (χ4n) is 3.56. The highest BCUT2D eigenvalue weighted by Gasteiger charge is 2.30. The Labute approximate surface area is 184 Å². The number of aliphatic hydroxyl groups excluding tert-OH is 1. The van der Waals surface area contributed by atoms with Crippen molar-refractivity contribution in [2.75, 3.05) is 13.2 Å². The summed E-state index contributed by atoms with van der Waals surface area (Å²) >= 11 is 0. The van der Waals surface area contributed by atoms with Crippen LogP contribution in [0.15, 0.2) is 42.5 Å². The SMILES string of the molecule is CC(C(=O)NCc1cc(F)cc(F)c1)C(=O)NC(CO)C(=O)N1CCc2ccccc2C1. The zero-order valence-electron chi connectivity index (χ0n) is 17.6. The van der Waals surface area contributed by atoms with Gasteiger partial charge in [0.25, 0.3) is 0 Å². The van der Waals surface area contributed by atoms with E-state index in [1.807, 2.05) is 24.3 Å². The van der Waals surface area contributed by atoms with Gasteiger partial charge in [-0.2, -0.15) is 0 Å². The van der Waals surface area contributed by atoms with Gasteiger partial charge in [0.1, 0.15) is 23.6 Å². The van der Waals surface area contributed by atoms with E-state index in [4.69, 9.17) is 0 Å². The van der Waals surface area contributed by atoms with E-state index in [-0.39, 0.29) is 12.1 Å². The van der Waals surface area contributed by atoms with Crippen LogP contribution < -0.4 is 10.6 Å². The third-order valence-electron chi connectivity index (χ3n) is 5.42. The quantitative estimate of drug-likeness (QED) is 0.559. The molecule has 1 heterocycles. The van der Waals surface area contributed by atoms with Gasteiger partial charge in [0.05, 0.1) is 6.61 Å². The third kappa shape index (κ3) is 5.67. The second-order valence-electron chi connectivity index (χ2n) is 7.74. The van der Waals surface area contributed by atoms with Gasteiger partial charge >= 0.3 is 0 Å². The fraction of sp³-hybridized carbons (Fsp3) is 0.348. The van der Waals surface area contributed by atoms with Crippen molar-refractivity contribution in [2.24, 2.45) is 5.92 Å². The Hall–Kier alpha value is -3.33. The number of carbonyl (C=O) groups is 3. The normalized spacial score (nSPS) is 14.8. The van der Waals surface area contributed by atoms with Crippen molar-refractivity contribution >= 4 is 17.7 Å². The van der Waals surface area contributed by atoms with Gasteiger partial charge in [0, 0.05) is 25.7 Å². The van der Waals surface area contributed by atoms with Crippen molar-refractivity contribution in [2.45, 2.75) is 32.5 Å². The Kier molecular flexibility index (Phi) is 7.53. The summed E-state index contributed by atoms with van der Waals surface area (Å²) in [5.41, 5.74) is 2.37. The maximum absolute atomic E-state index is 13.3. The first kappa shape index (κ1) is 23.3. The molecule has 7 nitrogen and oxygen atoms in total. The Morgan fingerprint density at radius 1 is 1.06 bits per heavy atom. The largest absolute Gasteiger partial charge is 0.394 e. The molecule has 0 aromatic heterocycles. The van der Waals surface area contributed by atoms with E-state index in [1.165, 1.54) is 6.92 Å². The number of rotatable bonds is 7. The number of halogens is 2. The molecule has 0 aliphatic carbocycles. The Morgan fingerprint density at radius 3 is 2.38 bits per heavy atom. The molecule has 1 aliphatic rings. The highest BCUT2D eigenvalue weighted by molar-refractivity contribution is 6.01. The molecule has 2 aromatic carbocycles. The molecule has 2 aromatic rings. The maximum atomic E-state index is 13.3. The molecule has 0 spiro atoms. The predicted octanol–water partition coefficient (Wildman–Crippen LogP) is 1.28. The lowest BCUT2D eigenvalue weighted by atomic mass is 9.99. The first-order valence-electron chi connectivity index (χ1n) is 10.3. The topological polar surface area (TPSA) is 98.7 Å². The van der Waals surface area contributed by atoms with Crippen LogP contribution in [0.1, 0.15) is 23.6 Å². The van der Waals surface area contributed by atoms with Crippen LogP contribution >= 0.6 is 0 Å². The summed E-state index contributed by atoms with van der Waals surface area (Å²) in [6, 6.07) is 9.44. The monoisotopic (exact) mass is 445 g/mol. The van der Waals surface area contributed by atoms with E-state index in [9.17, 15) is 28.3 Å². The summed E-state index contributed by atoms with van der Waals surface area (Å²) in [6.07, 6.45) is 0.674. The molecule has 0 saturated carbocycles.